The third-order valence-corrected chi connectivity index (χ3v) is 2.09. The minimum Gasteiger partial charge on any atom is -0.463 e. The Balaban J connectivity index is 2.84. The first-order valence-corrected chi connectivity index (χ1v) is 5.03. The summed E-state index contributed by atoms with van der Waals surface area (Å²) in [4.78, 5) is 11.2. The highest BCUT2D eigenvalue weighted by Gasteiger charge is 2.00. The second-order valence-corrected chi connectivity index (χ2v) is 3.27. The predicted octanol–water partition coefficient (Wildman–Crippen LogP) is 2.52. The summed E-state index contributed by atoms with van der Waals surface area (Å²) in [7, 11) is 0. The SMILES string of the molecule is CCOC(=O)C=C(C)c1ccc(C#N)cc1. The quantitative estimate of drug-likeness (QED) is 0.575. The Morgan fingerprint density at radius 1 is 1.44 bits per heavy atom. The number of carbonyl (C=O) groups excluding carboxylic acids is 1. The molecule has 0 aromatic heterocycles. The van der Waals surface area contributed by atoms with Crippen molar-refractivity contribution in [1.82, 2.24) is 0 Å². The maximum absolute atomic E-state index is 11.2. The summed E-state index contributed by atoms with van der Waals surface area (Å²) in [5, 5.41) is 8.64. The third-order valence-electron chi connectivity index (χ3n) is 2.09. The molecule has 0 radical (unpaired) electrons. The lowest BCUT2D eigenvalue weighted by Crippen LogP contribution is -2.00. The Morgan fingerprint density at radius 3 is 2.56 bits per heavy atom. The molecule has 0 unspecified atom stereocenters. The number of rotatable bonds is 3. The molecule has 0 heterocycles. The fourth-order valence-electron chi connectivity index (χ4n) is 1.25. The van der Waals surface area contributed by atoms with E-state index in [4.69, 9.17) is 10.00 Å². The largest absolute Gasteiger partial charge is 0.463 e. The first-order chi connectivity index (χ1) is 7.67. The van der Waals surface area contributed by atoms with Crippen LogP contribution >= 0.6 is 0 Å². The summed E-state index contributed by atoms with van der Waals surface area (Å²) < 4.78 is 4.81. The average molecular weight is 215 g/mol. The van der Waals surface area contributed by atoms with Crippen LogP contribution in [0.2, 0.25) is 0 Å². The highest BCUT2D eigenvalue weighted by atomic mass is 16.5. The van der Waals surface area contributed by atoms with Crippen LogP contribution in [0.3, 0.4) is 0 Å². The third kappa shape index (κ3) is 3.25. The van der Waals surface area contributed by atoms with E-state index in [9.17, 15) is 4.79 Å². The predicted molar refractivity (Wildman–Crippen MR) is 61.4 cm³/mol. The fourth-order valence-corrected chi connectivity index (χ4v) is 1.25. The molecule has 0 aliphatic heterocycles. The topological polar surface area (TPSA) is 50.1 Å². The van der Waals surface area contributed by atoms with Crippen molar-refractivity contribution in [3.63, 3.8) is 0 Å². The van der Waals surface area contributed by atoms with Gasteiger partial charge in [-0.25, -0.2) is 4.79 Å². The second kappa shape index (κ2) is 5.72. The van der Waals surface area contributed by atoms with Crippen LogP contribution < -0.4 is 0 Å². The smallest absolute Gasteiger partial charge is 0.331 e. The van der Waals surface area contributed by atoms with E-state index in [2.05, 4.69) is 0 Å². The first kappa shape index (κ1) is 12.0. The molecule has 0 N–H and O–H groups in total. The van der Waals surface area contributed by atoms with Gasteiger partial charge in [0.25, 0.3) is 0 Å². The minimum absolute atomic E-state index is 0.343. The maximum atomic E-state index is 11.2. The molecular formula is C13H13NO2. The van der Waals surface area contributed by atoms with Gasteiger partial charge in [0.05, 0.1) is 18.2 Å². The second-order valence-electron chi connectivity index (χ2n) is 3.27. The van der Waals surface area contributed by atoms with Gasteiger partial charge in [-0.1, -0.05) is 12.1 Å². The van der Waals surface area contributed by atoms with Crippen LogP contribution in [0.25, 0.3) is 5.57 Å². The van der Waals surface area contributed by atoms with Gasteiger partial charge in [0.15, 0.2) is 0 Å². The molecule has 3 heteroatoms. The molecule has 0 atom stereocenters. The summed E-state index contributed by atoms with van der Waals surface area (Å²) in [5.41, 5.74) is 2.34. The Labute approximate surface area is 95.0 Å². The van der Waals surface area contributed by atoms with E-state index in [1.807, 2.05) is 25.1 Å². The molecule has 16 heavy (non-hydrogen) atoms. The van der Waals surface area contributed by atoms with E-state index in [1.165, 1.54) is 6.08 Å². The van der Waals surface area contributed by atoms with Crippen LogP contribution in [0.4, 0.5) is 0 Å². The Bertz CT molecular complexity index is 438. The lowest BCUT2D eigenvalue weighted by Gasteiger charge is -2.01. The van der Waals surface area contributed by atoms with Gasteiger partial charge in [0.2, 0.25) is 0 Å². The number of allylic oxidation sites excluding steroid dienone is 1. The first-order valence-electron chi connectivity index (χ1n) is 5.03. The minimum atomic E-state index is -0.343. The molecule has 1 aromatic rings. The molecule has 3 nitrogen and oxygen atoms in total. The van der Waals surface area contributed by atoms with Gasteiger partial charge in [-0.05, 0) is 37.1 Å². The number of benzene rings is 1. The lowest BCUT2D eigenvalue weighted by atomic mass is 10.1. The number of nitrogens with zero attached hydrogens (tertiary/aromatic N) is 1. The van der Waals surface area contributed by atoms with Crippen LogP contribution in [0.1, 0.15) is 25.0 Å². The van der Waals surface area contributed by atoms with Gasteiger partial charge in [-0.2, -0.15) is 5.26 Å². The van der Waals surface area contributed by atoms with Gasteiger partial charge >= 0.3 is 5.97 Å². The van der Waals surface area contributed by atoms with E-state index in [0.29, 0.717) is 12.2 Å². The van der Waals surface area contributed by atoms with E-state index in [1.54, 1.807) is 19.1 Å². The van der Waals surface area contributed by atoms with Gasteiger partial charge in [-0.3, -0.25) is 0 Å². The summed E-state index contributed by atoms with van der Waals surface area (Å²) in [5.74, 6) is -0.343. The molecule has 0 fully saturated rings. The van der Waals surface area contributed by atoms with Crippen LogP contribution in [-0.2, 0) is 9.53 Å². The van der Waals surface area contributed by atoms with Gasteiger partial charge in [-0.15, -0.1) is 0 Å². The summed E-state index contributed by atoms with van der Waals surface area (Å²) in [6, 6.07) is 9.10. The Kier molecular flexibility index (Phi) is 4.28. The highest BCUT2D eigenvalue weighted by Crippen LogP contribution is 2.14. The van der Waals surface area contributed by atoms with Crippen molar-refractivity contribution < 1.29 is 9.53 Å². The molecule has 0 bridgehead atoms. The highest BCUT2D eigenvalue weighted by molar-refractivity contribution is 5.90. The van der Waals surface area contributed by atoms with Crippen LogP contribution in [0.15, 0.2) is 30.3 Å². The van der Waals surface area contributed by atoms with Crippen molar-refractivity contribution in [2.45, 2.75) is 13.8 Å². The molecule has 1 rings (SSSR count). The van der Waals surface area contributed by atoms with Crippen LogP contribution in [-0.4, -0.2) is 12.6 Å². The molecule has 0 aliphatic carbocycles. The summed E-state index contributed by atoms with van der Waals surface area (Å²) in [6.07, 6.45) is 1.45. The van der Waals surface area contributed by atoms with Crippen LogP contribution in [0.5, 0.6) is 0 Å². The summed E-state index contributed by atoms with van der Waals surface area (Å²) in [6.45, 7) is 3.97. The van der Waals surface area contributed by atoms with Gasteiger partial charge < -0.3 is 4.74 Å². The molecular weight excluding hydrogens is 202 g/mol. The van der Waals surface area contributed by atoms with Crippen molar-refractivity contribution in [2.24, 2.45) is 0 Å². The van der Waals surface area contributed by atoms with E-state index in [0.717, 1.165) is 11.1 Å². The number of nitriles is 1. The molecule has 82 valence electrons. The van der Waals surface area contributed by atoms with Crippen molar-refractivity contribution >= 4 is 11.5 Å². The maximum Gasteiger partial charge on any atom is 0.331 e. The molecule has 0 amide bonds. The monoisotopic (exact) mass is 215 g/mol. The molecule has 0 spiro atoms. The van der Waals surface area contributed by atoms with E-state index in [-0.39, 0.29) is 5.97 Å². The van der Waals surface area contributed by atoms with Crippen molar-refractivity contribution in [3.05, 3.63) is 41.5 Å². The normalized spacial score (nSPS) is 10.7. The lowest BCUT2D eigenvalue weighted by molar-refractivity contribution is -0.137. The Morgan fingerprint density at radius 2 is 2.06 bits per heavy atom. The molecule has 0 saturated heterocycles. The number of hydrogen-bond donors (Lipinski definition) is 0. The zero-order chi connectivity index (χ0) is 12.0. The van der Waals surface area contributed by atoms with Crippen molar-refractivity contribution in [3.8, 4) is 6.07 Å². The van der Waals surface area contributed by atoms with Gasteiger partial charge in [0, 0.05) is 6.08 Å². The number of ether oxygens (including phenoxy) is 1. The standard InChI is InChI=1S/C13H13NO2/c1-3-16-13(15)8-10(2)12-6-4-11(9-14)5-7-12/h4-8H,3H2,1-2H3. The number of hydrogen-bond acceptors (Lipinski definition) is 3. The molecule has 1 aromatic carbocycles. The van der Waals surface area contributed by atoms with Gasteiger partial charge in [0.1, 0.15) is 0 Å². The van der Waals surface area contributed by atoms with Crippen molar-refractivity contribution in [2.75, 3.05) is 6.61 Å². The van der Waals surface area contributed by atoms with E-state index < -0.39 is 0 Å². The molecule has 0 saturated carbocycles. The average Bonchev–Trinajstić information content (AvgIpc) is 2.29. The summed E-state index contributed by atoms with van der Waals surface area (Å²) >= 11 is 0. The zero-order valence-electron chi connectivity index (χ0n) is 9.36. The van der Waals surface area contributed by atoms with Crippen molar-refractivity contribution in [1.29, 1.82) is 5.26 Å². The fraction of sp³-hybridized carbons (Fsp3) is 0.231. The van der Waals surface area contributed by atoms with E-state index >= 15 is 0 Å². The Hall–Kier alpha value is -2.08. The zero-order valence-corrected chi connectivity index (χ0v) is 9.36. The number of carbonyl (C=O) groups is 1. The van der Waals surface area contributed by atoms with Crippen LogP contribution in [0, 0.1) is 11.3 Å². The number of esters is 1. The molecule has 0 aliphatic rings.